The van der Waals surface area contributed by atoms with E-state index in [1.54, 1.807) is 0 Å². The average molecular weight is 258 g/mol. The van der Waals surface area contributed by atoms with Crippen molar-refractivity contribution in [2.24, 2.45) is 0 Å². The number of hydrogen-bond donors (Lipinski definition) is 1. The normalized spacial score (nSPS) is 10.7. The topological polar surface area (TPSA) is 77.8 Å². The van der Waals surface area contributed by atoms with Crippen molar-refractivity contribution in [2.45, 2.75) is 6.92 Å². The van der Waals surface area contributed by atoms with E-state index in [1.165, 1.54) is 11.3 Å². The Kier molecular flexibility index (Phi) is 2.56. The van der Waals surface area contributed by atoms with E-state index >= 15 is 0 Å². The molecule has 0 saturated heterocycles. The minimum Gasteiger partial charge on any atom is -0.391 e. The number of rotatable bonds is 2. The lowest BCUT2D eigenvalue weighted by molar-refractivity contribution is 0.433. The predicted octanol–water partition coefficient (Wildman–Crippen LogP) is 2.75. The first-order chi connectivity index (χ1) is 8.72. The highest BCUT2D eigenvalue weighted by molar-refractivity contribution is 7.19. The van der Waals surface area contributed by atoms with Gasteiger partial charge in [0, 0.05) is 5.69 Å². The zero-order valence-electron chi connectivity index (χ0n) is 9.62. The number of nitrogen functional groups attached to an aromatic ring is 1. The van der Waals surface area contributed by atoms with E-state index < -0.39 is 0 Å². The molecule has 0 aliphatic heterocycles. The van der Waals surface area contributed by atoms with Gasteiger partial charge in [0.25, 0.3) is 5.89 Å². The number of nitrogens with zero attached hydrogens (tertiary/aromatic N) is 3. The molecule has 0 fully saturated rings. The van der Waals surface area contributed by atoms with Gasteiger partial charge in [-0.25, -0.2) is 4.98 Å². The van der Waals surface area contributed by atoms with E-state index in [-0.39, 0.29) is 0 Å². The second-order valence-electron chi connectivity index (χ2n) is 3.79. The van der Waals surface area contributed by atoms with Gasteiger partial charge in [-0.3, -0.25) is 0 Å². The molecule has 0 amide bonds. The first-order valence-corrected chi connectivity index (χ1v) is 6.17. The van der Waals surface area contributed by atoms with E-state index in [9.17, 15) is 0 Å². The summed E-state index contributed by atoms with van der Waals surface area (Å²) >= 11 is 1.41. The van der Waals surface area contributed by atoms with Gasteiger partial charge >= 0.3 is 0 Å². The lowest BCUT2D eigenvalue weighted by Gasteiger charge is -1.94. The van der Waals surface area contributed by atoms with E-state index in [1.807, 2.05) is 37.3 Å². The molecule has 0 unspecified atom stereocenters. The van der Waals surface area contributed by atoms with E-state index in [0.717, 1.165) is 15.6 Å². The predicted molar refractivity (Wildman–Crippen MR) is 70.0 cm³/mol. The van der Waals surface area contributed by atoms with Crippen LogP contribution in [-0.4, -0.2) is 15.1 Å². The fourth-order valence-electron chi connectivity index (χ4n) is 1.56. The Labute approximate surface area is 107 Å². The number of anilines is 1. The molecule has 3 rings (SSSR count). The van der Waals surface area contributed by atoms with Crippen LogP contribution in [0.3, 0.4) is 0 Å². The zero-order chi connectivity index (χ0) is 12.5. The third-order valence-electron chi connectivity index (χ3n) is 2.38. The Balaban J connectivity index is 1.99. The van der Waals surface area contributed by atoms with Gasteiger partial charge in [0.05, 0.1) is 9.88 Å². The Morgan fingerprint density at radius 1 is 1.17 bits per heavy atom. The van der Waals surface area contributed by atoms with Crippen molar-refractivity contribution in [1.82, 2.24) is 15.1 Å². The number of aryl methyl sites for hydroxylation is 1. The molecule has 18 heavy (non-hydrogen) atoms. The second-order valence-corrected chi connectivity index (χ2v) is 4.90. The molecule has 3 aromatic heterocycles. The van der Waals surface area contributed by atoms with Crippen LogP contribution in [0.5, 0.6) is 0 Å². The minimum absolute atomic E-state index is 0.468. The Bertz CT molecular complexity index is 689. The molecule has 2 N–H and O–H groups in total. The molecule has 0 radical (unpaired) electrons. The monoisotopic (exact) mass is 258 g/mol. The van der Waals surface area contributed by atoms with Gasteiger partial charge in [-0.2, -0.15) is 4.98 Å². The molecule has 0 spiro atoms. The van der Waals surface area contributed by atoms with Gasteiger partial charge in [-0.15, -0.1) is 11.3 Å². The first kappa shape index (κ1) is 10.9. The van der Waals surface area contributed by atoms with Crippen molar-refractivity contribution in [3.8, 4) is 22.3 Å². The van der Waals surface area contributed by atoms with Crippen LogP contribution in [0, 0.1) is 6.92 Å². The summed E-state index contributed by atoms with van der Waals surface area (Å²) < 4.78 is 5.21. The average Bonchev–Trinajstić information content (AvgIpc) is 2.97. The molecule has 5 nitrogen and oxygen atoms in total. The lowest BCUT2D eigenvalue weighted by Crippen LogP contribution is -1.87. The van der Waals surface area contributed by atoms with Gasteiger partial charge in [0.2, 0.25) is 5.82 Å². The maximum Gasteiger partial charge on any atom is 0.268 e. The van der Waals surface area contributed by atoms with Crippen LogP contribution >= 0.6 is 11.3 Å². The highest BCUT2D eigenvalue weighted by Crippen LogP contribution is 2.29. The van der Waals surface area contributed by atoms with E-state index in [2.05, 4.69) is 15.1 Å². The smallest absolute Gasteiger partial charge is 0.268 e. The van der Waals surface area contributed by atoms with E-state index in [0.29, 0.717) is 17.4 Å². The summed E-state index contributed by atoms with van der Waals surface area (Å²) in [5.74, 6) is 0.954. The fourth-order valence-corrected chi connectivity index (χ4v) is 2.26. The van der Waals surface area contributed by atoms with Gasteiger partial charge in [0.15, 0.2) is 0 Å². The number of pyridine rings is 1. The second kappa shape index (κ2) is 4.23. The summed E-state index contributed by atoms with van der Waals surface area (Å²) in [6.45, 7) is 1.92. The summed E-state index contributed by atoms with van der Waals surface area (Å²) in [6, 6.07) is 9.36. The molecule has 0 saturated carbocycles. The minimum atomic E-state index is 0.468. The molecule has 0 aliphatic rings. The Morgan fingerprint density at radius 2 is 2.06 bits per heavy atom. The molecule has 6 heteroatoms. The largest absolute Gasteiger partial charge is 0.391 e. The molecule has 0 aromatic carbocycles. The van der Waals surface area contributed by atoms with Crippen molar-refractivity contribution in [1.29, 1.82) is 0 Å². The highest BCUT2D eigenvalue weighted by Gasteiger charge is 2.12. The molecule has 0 bridgehead atoms. The maximum atomic E-state index is 5.67. The number of aromatic nitrogens is 3. The van der Waals surface area contributed by atoms with Gasteiger partial charge in [0.1, 0.15) is 5.69 Å². The summed E-state index contributed by atoms with van der Waals surface area (Å²) in [6.07, 6.45) is 0. The molecule has 3 heterocycles. The third kappa shape index (κ3) is 1.98. The molecule has 0 aliphatic carbocycles. The zero-order valence-corrected chi connectivity index (χ0v) is 10.4. The quantitative estimate of drug-likeness (QED) is 0.764. The maximum absolute atomic E-state index is 5.67. The standard InChI is InChI=1S/C12H10N4OS/c1-7-3-2-4-8(14-7)11-15-12(17-16-11)9-5-6-10(13)18-9/h2-6H,13H2,1H3. The van der Waals surface area contributed by atoms with Crippen LogP contribution in [-0.2, 0) is 0 Å². The van der Waals surface area contributed by atoms with Crippen molar-refractivity contribution in [3.63, 3.8) is 0 Å². The van der Waals surface area contributed by atoms with Crippen molar-refractivity contribution in [3.05, 3.63) is 36.0 Å². The lowest BCUT2D eigenvalue weighted by atomic mass is 10.3. The number of nitrogens with two attached hydrogens (primary N) is 1. The van der Waals surface area contributed by atoms with E-state index in [4.69, 9.17) is 10.3 Å². The van der Waals surface area contributed by atoms with Crippen molar-refractivity contribution < 1.29 is 4.52 Å². The molecular weight excluding hydrogens is 248 g/mol. The summed E-state index contributed by atoms with van der Waals surface area (Å²) in [7, 11) is 0. The third-order valence-corrected chi connectivity index (χ3v) is 3.28. The molecular formula is C12H10N4OS. The van der Waals surface area contributed by atoms with Crippen molar-refractivity contribution >= 4 is 16.3 Å². The van der Waals surface area contributed by atoms with Crippen LogP contribution in [0.4, 0.5) is 5.00 Å². The van der Waals surface area contributed by atoms with Gasteiger partial charge in [-0.05, 0) is 31.2 Å². The molecule has 0 atom stereocenters. The Morgan fingerprint density at radius 3 is 2.78 bits per heavy atom. The highest BCUT2D eigenvalue weighted by atomic mass is 32.1. The number of thiophene rings is 1. The van der Waals surface area contributed by atoms with Crippen molar-refractivity contribution in [2.75, 3.05) is 5.73 Å². The summed E-state index contributed by atoms with van der Waals surface area (Å²) in [5.41, 5.74) is 7.29. The number of hydrogen-bond acceptors (Lipinski definition) is 6. The van der Waals surface area contributed by atoms with Crippen LogP contribution in [0.25, 0.3) is 22.3 Å². The van der Waals surface area contributed by atoms with Gasteiger partial charge < -0.3 is 10.3 Å². The summed E-state index contributed by atoms with van der Waals surface area (Å²) in [5, 5.41) is 4.65. The molecule has 90 valence electrons. The van der Waals surface area contributed by atoms with Crippen LogP contribution in [0.15, 0.2) is 34.9 Å². The fraction of sp³-hybridized carbons (Fsp3) is 0.0833. The first-order valence-electron chi connectivity index (χ1n) is 5.36. The van der Waals surface area contributed by atoms with Crippen LogP contribution < -0.4 is 5.73 Å². The van der Waals surface area contributed by atoms with Crippen LogP contribution in [0.1, 0.15) is 5.69 Å². The molecule has 3 aromatic rings. The summed E-state index contributed by atoms with van der Waals surface area (Å²) in [4.78, 5) is 9.53. The van der Waals surface area contributed by atoms with Gasteiger partial charge in [-0.1, -0.05) is 11.2 Å². The van der Waals surface area contributed by atoms with Crippen LogP contribution in [0.2, 0.25) is 0 Å². The Hall–Kier alpha value is -2.21. The SMILES string of the molecule is Cc1cccc(-c2noc(-c3ccc(N)s3)n2)n1.